The van der Waals surface area contributed by atoms with Crippen LogP contribution in [0.5, 0.6) is 5.75 Å². The minimum absolute atomic E-state index is 0.0389. The van der Waals surface area contributed by atoms with Crippen LogP contribution >= 0.6 is 11.6 Å². The number of halogens is 1. The van der Waals surface area contributed by atoms with Crippen LogP contribution in [-0.4, -0.2) is 35.5 Å². The molecule has 2 rings (SSSR count). The second kappa shape index (κ2) is 4.87. The maximum Gasteiger partial charge on any atom is 0.311 e. The molecule has 1 N–H and O–H groups in total. The van der Waals surface area contributed by atoms with Crippen LogP contribution in [0.2, 0.25) is 5.02 Å². The summed E-state index contributed by atoms with van der Waals surface area (Å²) >= 11 is 5.75. The summed E-state index contributed by atoms with van der Waals surface area (Å²) in [5.41, 5.74) is -0.187. The van der Waals surface area contributed by atoms with Crippen molar-refractivity contribution >= 4 is 17.3 Å². The van der Waals surface area contributed by atoms with E-state index >= 15 is 0 Å². The van der Waals surface area contributed by atoms with Gasteiger partial charge in [0.1, 0.15) is 6.10 Å². The Morgan fingerprint density at radius 3 is 2.88 bits per heavy atom. The van der Waals surface area contributed by atoms with Gasteiger partial charge in [0.25, 0.3) is 0 Å². The Morgan fingerprint density at radius 2 is 2.29 bits per heavy atom. The molecule has 0 saturated carbocycles. The Balaban J connectivity index is 2.24. The number of hydrogen-bond acceptors (Lipinski definition) is 5. The predicted molar refractivity (Wildman–Crippen MR) is 59.3 cm³/mol. The fraction of sp³-hybridized carbons (Fsp3) is 0.400. The lowest BCUT2D eigenvalue weighted by Crippen LogP contribution is -2.29. The van der Waals surface area contributed by atoms with Gasteiger partial charge in [0.05, 0.1) is 18.1 Å². The fourth-order valence-electron chi connectivity index (χ4n) is 1.53. The summed E-state index contributed by atoms with van der Waals surface area (Å²) in [5.74, 6) is 0.0389. The van der Waals surface area contributed by atoms with E-state index in [9.17, 15) is 15.2 Å². The number of nitro benzene ring substituents is 1. The third kappa shape index (κ3) is 2.66. The third-order valence-corrected chi connectivity index (χ3v) is 2.63. The Morgan fingerprint density at radius 1 is 1.53 bits per heavy atom. The summed E-state index contributed by atoms with van der Waals surface area (Å²) in [6.07, 6.45) is -1.39. The third-order valence-electron chi connectivity index (χ3n) is 2.40. The van der Waals surface area contributed by atoms with Crippen molar-refractivity contribution in [1.29, 1.82) is 0 Å². The molecule has 0 aliphatic carbocycles. The van der Waals surface area contributed by atoms with Gasteiger partial charge in [-0.05, 0) is 6.07 Å². The minimum atomic E-state index is -0.784. The van der Waals surface area contributed by atoms with Crippen LogP contribution < -0.4 is 4.74 Å². The van der Waals surface area contributed by atoms with Crippen molar-refractivity contribution in [2.75, 3.05) is 13.2 Å². The smallest absolute Gasteiger partial charge is 0.311 e. The van der Waals surface area contributed by atoms with Gasteiger partial charge >= 0.3 is 5.69 Å². The Kier molecular flexibility index (Phi) is 3.46. The normalized spacial score (nSPS) is 23.6. The molecule has 17 heavy (non-hydrogen) atoms. The molecular formula is C10H10ClNO5. The molecule has 1 aliphatic heterocycles. The first-order valence-corrected chi connectivity index (χ1v) is 5.32. The molecule has 0 amide bonds. The van der Waals surface area contributed by atoms with Gasteiger partial charge in [0, 0.05) is 17.2 Å². The first-order chi connectivity index (χ1) is 8.08. The second-order valence-corrected chi connectivity index (χ2v) is 4.07. The zero-order valence-electron chi connectivity index (χ0n) is 8.71. The molecule has 92 valence electrons. The van der Waals surface area contributed by atoms with Gasteiger partial charge in [-0.3, -0.25) is 10.1 Å². The van der Waals surface area contributed by atoms with E-state index in [-0.39, 0.29) is 24.7 Å². The second-order valence-electron chi connectivity index (χ2n) is 3.63. The van der Waals surface area contributed by atoms with Gasteiger partial charge < -0.3 is 14.6 Å². The molecule has 1 aromatic carbocycles. The molecule has 1 fully saturated rings. The highest BCUT2D eigenvalue weighted by atomic mass is 35.5. The number of aliphatic hydroxyl groups is 1. The van der Waals surface area contributed by atoms with Gasteiger partial charge in [-0.2, -0.15) is 0 Å². The quantitative estimate of drug-likeness (QED) is 0.655. The summed E-state index contributed by atoms with van der Waals surface area (Å²) in [7, 11) is 0. The van der Waals surface area contributed by atoms with Gasteiger partial charge in [-0.25, -0.2) is 0 Å². The monoisotopic (exact) mass is 259 g/mol. The van der Waals surface area contributed by atoms with E-state index in [4.69, 9.17) is 21.1 Å². The molecule has 2 atom stereocenters. The molecule has 0 bridgehead atoms. The number of benzene rings is 1. The lowest BCUT2D eigenvalue weighted by Gasteiger charge is -2.15. The first-order valence-electron chi connectivity index (χ1n) is 4.94. The molecule has 0 radical (unpaired) electrons. The van der Waals surface area contributed by atoms with Crippen molar-refractivity contribution < 1.29 is 19.5 Å². The maximum absolute atomic E-state index is 10.8. The van der Waals surface area contributed by atoms with E-state index in [1.807, 2.05) is 0 Å². The van der Waals surface area contributed by atoms with Gasteiger partial charge in [0.2, 0.25) is 0 Å². The highest BCUT2D eigenvalue weighted by molar-refractivity contribution is 6.30. The average Bonchev–Trinajstić information content (AvgIpc) is 2.64. The van der Waals surface area contributed by atoms with Crippen molar-refractivity contribution in [2.45, 2.75) is 12.2 Å². The Labute approximate surface area is 102 Å². The largest absolute Gasteiger partial charge is 0.478 e. The van der Waals surface area contributed by atoms with E-state index in [1.165, 1.54) is 18.2 Å². The van der Waals surface area contributed by atoms with Gasteiger partial charge in [-0.15, -0.1) is 0 Å². The average molecular weight is 260 g/mol. The summed E-state index contributed by atoms with van der Waals surface area (Å²) in [6.45, 7) is 0.365. The van der Waals surface area contributed by atoms with Crippen molar-refractivity contribution in [2.24, 2.45) is 0 Å². The number of hydrogen-bond donors (Lipinski definition) is 1. The van der Waals surface area contributed by atoms with E-state index < -0.39 is 17.1 Å². The Bertz CT molecular complexity index is 439. The maximum atomic E-state index is 10.8. The van der Waals surface area contributed by atoms with E-state index in [0.717, 1.165) is 0 Å². The van der Waals surface area contributed by atoms with Crippen LogP contribution in [0.25, 0.3) is 0 Å². The molecule has 7 heteroatoms. The lowest BCUT2D eigenvalue weighted by atomic mass is 10.2. The van der Waals surface area contributed by atoms with E-state index in [0.29, 0.717) is 5.02 Å². The molecule has 1 saturated heterocycles. The summed E-state index contributed by atoms with van der Waals surface area (Å²) in [5, 5.41) is 20.6. The summed E-state index contributed by atoms with van der Waals surface area (Å²) < 4.78 is 10.4. The summed E-state index contributed by atoms with van der Waals surface area (Å²) in [4.78, 5) is 10.2. The molecule has 6 nitrogen and oxygen atoms in total. The Hall–Kier alpha value is -1.37. The molecule has 1 aromatic rings. The van der Waals surface area contributed by atoms with E-state index in [2.05, 4.69) is 0 Å². The van der Waals surface area contributed by atoms with Gasteiger partial charge in [-0.1, -0.05) is 11.6 Å². The predicted octanol–water partition coefficient (Wildman–Crippen LogP) is 1.39. The number of rotatable bonds is 3. The van der Waals surface area contributed by atoms with Gasteiger partial charge in [0.15, 0.2) is 11.9 Å². The zero-order chi connectivity index (χ0) is 12.4. The van der Waals surface area contributed by atoms with Crippen LogP contribution in [0.3, 0.4) is 0 Å². The van der Waals surface area contributed by atoms with Crippen molar-refractivity contribution in [3.63, 3.8) is 0 Å². The molecule has 0 aromatic heterocycles. The standard InChI is InChI=1S/C10H10ClNO5/c11-6-1-2-7(12(14)15)9(3-6)17-10-5-16-4-8(10)13/h1-3,8,10,13H,4-5H2/t8-,10-/m0/s1. The fourth-order valence-corrected chi connectivity index (χ4v) is 1.69. The number of nitro groups is 1. The topological polar surface area (TPSA) is 81.8 Å². The highest BCUT2D eigenvalue weighted by Crippen LogP contribution is 2.31. The number of ether oxygens (including phenoxy) is 2. The number of aliphatic hydroxyl groups excluding tert-OH is 1. The zero-order valence-corrected chi connectivity index (χ0v) is 9.46. The molecule has 0 unspecified atom stereocenters. The molecule has 1 aliphatic rings. The van der Waals surface area contributed by atoms with Crippen LogP contribution in [0.15, 0.2) is 18.2 Å². The van der Waals surface area contributed by atoms with Crippen LogP contribution in [-0.2, 0) is 4.74 Å². The molecule has 1 heterocycles. The first kappa shape index (κ1) is 12.1. The minimum Gasteiger partial charge on any atom is -0.478 e. The van der Waals surface area contributed by atoms with Crippen molar-refractivity contribution in [3.8, 4) is 5.75 Å². The van der Waals surface area contributed by atoms with E-state index in [1.54, 1.807) is 0 Å². The van der Waals surface area contributed by atoms with Crippen molar-refractivity contribution in [3.05, 3.63) is 33.3 Å². The molecule has 0 spiro atoms. The van der Waals surface area contributed by atoms with Crippen LogP contribution in [0.1, 0.15) is 0 Å². The highest BCUT2D eigenvalue weighted by Gasteiger charge is 2.30. The molecular weight excluding hydrogens is 250 g/mol. The lowest BCUT2D eigenvalue weighted by molar-refractivity contribution is -0.386. The SMILES string of the molecule is O=[N+]([O-])c1ccc(Cl)cc1O[C@H]1COC[C@@H]1O. The van der Waals surface area contributed by atoms with Crippen LogP contribution in [0, 0.1) is 10.1 Å². The van der Waals surface area contributed by atoms with Crippen LogP contribution in [0.4, 0.5) is 5.69 Å². The number of nitrogens with zero attached hydrogens (tertiary/aromatic N) is 1. The van der Waals surface area contributed by atoms with Crippen molar-refractivity contribution in [1.82, 2.24) is 0 Å². The summed E-state index contributed by atoms with van der Waals surface area (Å²) in [6, 6.07) is 4.03.